The zero-order chi connectivity index (χ0) is 14.4. The number of rotatable bonds is 5. The molecule has 0 saturated heterocycles. The molecule has 0 aliphatic rings. The Morgan fingerprint density at radius 2 is 2.05 bits per heavy atom. The Bertz CT molecular complexity index is 713. The van der Waals surface area contributed by atoms with Gasteiger partial charge < -0.3 is 5.32 Å². The second-order valence-electron chi connectivity index (χ2n) is 4.36. The highest BCUT2D eigenvalue weighted by atomic mass is 16.2. The second kappa shape index (κ2) is 6.53. The third-order valence-electron chi connectivity index (χ3n) is 2.94. The first-order valence-electron chi connectivity index (χ1n) is 6.43. The second-order valence-corrected chi connectivity index (χ2v) is 4.36. The molecule has 0 atom stereocenters. The molecule has 1 heterocycles. The molecule has 0 saturated carbocycles. The van der Waals surface area contributed by atoms with Crippen molar-refractivity contribution in [3.05, 3.63) is 40.3 Å². The molecule has 1 amide bonds. The molecule has 0 aliphatic carbocycles. The molecular weight excluding hydrogens is 254 g/mol. The van der Waals surface area contributed by atoms with Crippen LogP contribution < -0.4 is 10.9 Å². The van der Waals surface area contributed by atoms with Crippen LogP contribution >= 0.6 is 0 Å². The molecule has 0 fully saturated rings. The van der Waals surface area contributed by atoms with E-state index >= 15 is 0 Å². The molecule has 102 valence electrons. The summed E-state index contributed by atoms with van der Waals surface area (Å²) in [5.74, 6) is 2.26. The summed E-state index contributed by atoms with van der Waals surface area (Å²) >= 11 is 0. The summed E-state index contributed by atoms with van der Waals surface area (Å²) < 4.78 is 0. The lowest BCUT2D eigenvalue weighted by Gasteiger charge is -2.06. The number of nitrogens with one attached hydrogen (secondary N) is 2. The SMILES string of the molecule is C#CCCCCNC(=O)c1n[nH]c(=O)c2ccccc12. The third kappa shape index (κ3) is 3.04. The number of hydrogen-bond donors (Lipinski definition) is 2. The molecule has 0 aliphatic heterocycles. The first-order valence-corrected chi connectivity index (χ1v) is 6.43. The molecule has 0 unspecified atom stereocenters. The molecule has 20 heavy (non-hydrogen) atoms. The maximum atomic E-state index is 12.1. The van der Waals surface area contributed by atoms with E-state index in [0.29, 0.717) is 23.7 Å². The standard InChI is InChI=1S/C15H15N3O2/c1-2-3-4-7-10-16-15(20)13-11-8-5-6-9-12(11)14(19)18-17-13/h1,5-6,8-9H,3-4,7,10H2,(H,16,20)(H,18,19). The minimum atomic E-state index is -0.300. The Kier molecular flexibility index (Phi) is 4.51. The summed E-state index contributed by atoms with van der Waals surface area (Å²) in [5, 5.41) is 9.97. The number of unbranched alkanes of at least 4 members (excludes halogenated alkanes) is 2. The predicted molar refractivity (Wildman–Crippen MR) is 77.4 cm³/mol. The van der Waals surface area contributed by atoms with Gasteiger partial charge in [0.1, 0.15) is 0 Å². The lowest BCUT2D eigenvalue weighted by atomic mass is 10.1. The first kappa shape index (κ1) is 13.8. The van der Waals surface area contributed by atoms with Gasteiger partial charge in [0.05, 0.1) is 5.39 Å². The first-order chi connectivity index (χ1) is 9.74. The van der Waals surface area contributed by atoms with Gasteiger partial charge in [-0.2, -0.15) is 5.10 Å². The summed E-state index contributed by atoms with van der Waals surface area (Å²) in [6.45, 7) is 0.537. The molecule has 0 radical (unpaired) electrons. The zero-order valence-corrected chi connectivity index (χ0v) is 11.0. The van der Waals surface area contributed by atoms with Crippen LogP contribution in [0.5, 0.6) is 0 Å². The Morgan fingerprint density at radius 1 is 1.30 bits per heavy atom. The Balaban J connectivity index is 2.13. The van der Waals surface area contributed by atoms with Crippen LogP contribution in [0.2, 0.25) is 0 Å². The molecule has 2 rings (SSSR count). The van der Waals surface area contributed by atoms with E-state index in [2.05, 4.69) is 21.4 Å². The van der Waals surface area contributed by atoms with Gasteiger partial charge >= 0.3 is 0 Å². The highest BCUT2D eigenvalue weighted by Crippen LogP contribution is 2.11. The molecule has 1 aromatic heterocycles. The summed E-state index contributed by atoms with van der Waals surface area (Å²) in [7, 11) is 0. The maximum absolute atomic E-state index is 12.1. The maximum Gasteiger partial charge on any atom is 0.272 e. The van der Waals surface area contributed by atoms with Crippen LogP contribution in [0.1, 0.15) is 29.8 Å². The largest absolute Gasteiger partial charge is 0.351 e. The Hall–Kier alpha value is -2.61. The summed E-state index contributed by atoms with van der Waals surface area (Å²) in [6.07, 6.45) is 7.55. The fourth-order valence-corrected chi connectivity index (χ4v) is 1.93. The van der Waals surface area contributed by atoms with Gasteiger partial charge in [0.2, 0.25) is 0 Å². The van der Waals surface area contributed by atoms with Gasteiger partial charge in [0.15, 0.2) is 5.69 Å². The molecule has 5 heteroatoms. The highest BCUT2D eigenvalue weighted by molar-refractivity contribution is 6.04. The molecule has 5 nitrogen and oxygen atoms in total. The topological polar surface area (TPSA) is 74.8 Å². The lowest BCUT2D eigenvalue weighted by Crippen LogP contribution is -2.27. The quantitative estimate of drug-likeness (QED) is 0.637. The van der Waals surface area contributed by atoms with Crippen molar-refractivity contribution in [1.82, 2.24) is 15.5 Å². The molecule has 2 aromatic rings. The average molecular weight is 269 g/mol. The van der Waals surface area contributed by atoms with Crippen LogP contribution in [0.3, 0.4) is 0 Å². The van der Waals surface area contributed by atoms with Gasteiger partial charge in [-0.15, -0.1) is 12.3 Å². The van der Waals surface area contributed by atoms with E-state index in [0.717, 1.165) is 12.8 Å². The number of aromatic nitrogens is 2. The smallest absolute Gasteiger partial charge is 0.272 e. The third-order valence-corrected chi connectivity index (χ3v) is 2.94. The van der Waals surface area contributed by atoms with Crippen molar-refractivity contribution in [3.63, 3.8) is 0 Å². The molecule has 0 spiro atoms. The molecule has 1 aromatic carbocycles. The van der Waals surface area contributed by atoms with E-state index in [-0.39, 0.29) is 17.2 Å². The summed E-state index contributed by atoms with van der Waals surface area (Å²) in [4.78, 5) is 23.7. The van der Waals surface area contributed by atoms with E-state index < -0.39 is 0 Å². The molecule has 0 bridgehead atoms. The van der Waals surface area contributed by atoms with Crippen molar-refractivity contribution in [2.24, 2.45) is 0 Å². The van der Waals surface area contributed by atoms with Crippen molar-refractivity contribution < 1.29 is 4.79 Å². The van der Waals surface area contributed by atoms with Gasteiger partial charge in [-0.25, -0.2) is 5.10 Å². The van der Waals surface area contributed by atoms with Crippen LogP contribution in [0, 0.1) is 12.3 Å². The van der Waals surface area contributed by atoms with E-state index in [1.54, 1.807) is 24.3 Å². The number of fused-ring (bicyclic) bond motifs is 1. The number of aromatic amines is 1. The van der Waals surface area contributed by atoms with Crippen molar-refractivity contribution in [3.8, 4) is 12.3 Å². The summed E-state index contributed by atoms with van der Waals surface area (Å²) in [5.41, 5.74) is -0.0664. The van der Waals surface area contributed by atoms with Gasteiger partial charge in [-0.05, 0) is 18.9 Å². The number of hydrogen-bond acceptors (Lipinski definition) is 3. The number of nitrogens with zero attached hydrogens (tertiary/aromatic N) is 1. The number of amides is 1. The van der Waals surface area contributed by atoms with E-state index in [4.69, 9.17) is 6.42 Å². The number of carbonyl (C=O) groups excluding carboxylic acids is 1. The van der Waals surface area contributed by atoms with Gasteiger partial charge in [-0.1, -0.05) is 18.2 Å². The van der Waals surface area contributed by atoms with Crippen molar-refractivity contribution in [2.75, 3.05) is 6.54 Å². The fraction of sp³-hybridized carbons (Fsp3) is 0.267. The number of carbonyl (C=O) groups is 1. The van der Waals surface area contributed by atoms with Crippen molar-refractivity contribution in [1.29, 1.82) is 0 Å². The predicted octanol–water partition coefficient (Wildman–Crippen LogP) is 1.46. The van der Waals surface area contributed by atoms with Crippen molar-refractivity contribution in [2.45, 2.75) is 19.3 Å². The zero-order valence-electron chi connectivity index (χ0n) is 11.0. The van der Waals surface area contributed by atoms with E-state index in [1.807, 2.05) is 0 Å². The Morgan fingerprint density at radius 3 is 2.80 bits per heavy atom. The number of terminal acetylenes is 1. The van der Waals surface area contributed by atoms with Gasteiger partial charge in [0, 0.05) is 18.4 Å². The van der Waals surface area contributed by atoms with Crippen LogP contribution in [-0.2, 0) is 0 Å². The van der Waals surface area contributed by atoms with Gasteiger partial charge in [0.25, 0.3) is 11.5 Å². The van der Waals surface area contributed by atoms with E-state index in [1.165, 1.54) is 0 Å². The molecular formula is C15H15N3O2. The fourth-order valence-electron chi connectivity index (χ4n) is 1.93. The average Bonchev–Trinajstić information content (AvgIpc) is 2.47. The van der Waals surface area contributed by atoms with E-state index in [9.17, 15) is 9.59 Å². The number of benzene rings is 1. The minimum absolute atomic E-state index is 0.233. The van der Waals surface area contributed by atoms with Crippen LogP contribution in [0.15, 0.2) is 29.1 Å². The highest BCUT2D eigenvalue weighted by Gasteiger charge is 2.12. The van der Waals surface area contributed by atoms with Crippen LogP contribution in [0.4, 0.5) is 0 Å². The van der Waals surface area contributed by atoms with Crippen LogP contribution in [0.25, 0.3) is 10.8 Å². The monoisotopic (exact) mass is 269 g/mol. The molecule has 2 N–H and O–H groups in total. The lowest BCUT2D eigenvalue weighted by molar-refractivity contribution is 0.0949. The van der Waals surface area contributed by atoms with Crippen LogP contribution in [-0.4, -0.2) is 22.6 Å². The van der Waals surface area contributed by atoms with Crippen molar-refractivity contribution >= 4 is 16.7 Å². The number of H-pyrrole nitrogens is 1. The minimum Gasteiger partial charge on any atom is -0.351 e. The van der Waals surface area contributed by atoms with Gasteiger partial charge in [-0.3, -0.25) is 9.59 Å². The normalized spacial score (nSPS) is 10.2. The Labute approximate surface area is 116 Å². The summed E-state index contributed by atoms with van der Waals surface area (Å²) in [6, 6.07) is 6.90.